The average Bonchev–Trinajstić information content (AvgIpc) is 3.42. The Kier molecular flexibility index (Phi) is 5.40. The molecular weight excluding hydrogens is 409 g/mol. The number of halogens is 1. The maximum atomic E-state index is 6.60. The van der Waals surface area contributed by atoms with Crippen LogP contribution in [0.3, 0.4) is 0 Å². The predicted octanol–water partition coefficient (Wildman–Crippen LogP) is 4.26. The first-order chi connectivity index (χ1) is 15.0. The molecule has 0 amide bonds. The zero-order valence-corrected chi connectivity index (χ0v) is 18.2. The second kappa shape index (κ2) is 8.21. The van der Waals surface area contributed by atoms with Gasteiger partial charge in [0.2, 0.25) is 0 Å². The van der Waals surface area contributed by atoms with E-state index in [1.54, 1.807) is 4.52 Å². The fraction of sp³-hybridized carbons (Fsp3) is 0.391. The molecule has 2 fully saturated rings. The fourth-order valence-corrected chi connectivity index (χ4v) is 4.48. The lowest BCUT2D eigenvalue weighted by atomic mass is 9.96. The summed E-state index contributed by atoms with van der Waals surface area (Å²) >= 11 is 6.60. The number of nitrogens with one attached hydrogen (secondary N) is 1. The van der Waals surface area contributed by atoms with Crippen LogP contribution in [0.4, 0.5) is 0 Å². The van der Waals surface area contributed by atoms with E-state index in [4.69, 9.17) is 34.4 Å². The first-order valence-corrected chi connectivity index (χ1v) is 11.1. The highest BCUT2D eigenvalue weighted by atomic mass is 35.5. The summed E-state index contributed by atoms with van der Waals surface area (Å²) in [7, 11) is 6.20. The molecule has 0 spiro atoms. The highest BCUT2D eigenvalue weighted by Gasteiger charge is 2.47. The molecule has 6 nitrogen and oxygen atoms in total. The Balaban J connectivity index is 1.34. The monoisotopic (exact) mass is 433 g/mol. The normalized spacial score (nSPS) is 20.5. The van der Waals surface area contributed by atoms with Crippen molar-refractivity contribution in [1.29, 1.82) is 0 Å². The van der Waals surface area contributed by atoms with Crippen LogP contribution in [0.25, 0.3) is 5.65 Å². The van der Waals surface area contributed by atoms with E-state index >= 15 is 0 Å². The molecule has 2 radical (unpaired) electrons. The Bertz CT molecular complexity index is 1100. The van der Waals surface area contributed by atoms with Crippen molar-refractivity contribution in [3.05, 3.63) is 77.0 Å². The number of aromatic nitrogens is 3. The molecule has 1 unspecified atom stereocenters. The Hall–Kier alpha value is -2.51. The third-order valence-electron chi connectivity index (χ3n) is 6.16. The number of rotatable bonds is 7. The number of nitrogens with zero attached hydrogens (tertiary/aromatic N) is 4. The predicted molar refractivity (Wildman–Crippen MR) is 121 cm³/mol. The largest absolute Gasteiger partial charge is 0.475 e. The zero-order chi connectivity index (χ0) is 21.4. The Morgan fingerprint density at radius 2 is 2.06 bits per heavy atom. The van der Waals surface area contributed by atoms with E-state index in [1.165, 1.54) is 0 Å². The molecule has 1 saturated heterocycles. The summed E-state index contributed by atoms with van der Waals surface area (Å²) in [5, 5.41) is 8.66. The van der Waals surface area contributed by atoms with Crippen LogP contribution in [0.2, 0.25) is 5.15 Å². The van der Waals surface area contributed by atoms with E-state index in [9.17, 15) is 0 Å². The average molecular weight is 434 g/mol. The number of hydrogen-bond acceptors (Lipinski definition) is 5. The minimum absolute atomic E-state index is 0.106. The fourth-order valence-electron chi connectivity index (χ4n) is 4.25. The maximum absolute atomic E-state index is 6.60. The van der Waals surface area contributed by atoms with Gasteiger partial charge in [0.25, 0.3) is 0 Å². The summed E-state index contributed by atoms with van der Waals surface area (Å²) in [5.74, 6) is 0.536. The molecule has 3 heterocycles. The summed E-state index contributed by atoms with van der Waals surface area (Å²) < 4.78 is 7.53. The van der Waals surface area contributed by atoms with Crippen LogP contribution in [0.1, 0.15) is 55.1 Å². The van der Waals surface area contributed by atoms with Gasteiger partial charge in [-0.3, -0.25) is 0 Å². The summed E-state index contributed by atoms with van der Waals surface area (Å²) in [4.78, 5) is 6.75. The number of piperidine rings is 1. The first kappa shape index (κ1) is 20.4. The maximum Gasteiger partial charge on any atom is 0.183 e. The minimum atomic E-state index is -0.297. The summed E-state index contributed by atoms with van der Waals surface area (Å²) in [5.41, 5.74) is 3.34. The van der Waals surface area contributed by atoms with Gasteiger partial charge < -0.3 is 14.9 Å². The molecule has 158 valence electrons. The Labute approximate surface area is 188 Å². The minimum Gasteiger partial charge on any atom is -0.475 e. The van der Waals surface area contributed by atoms with Crippen LogP contribution < -0.4 is 5.32 Å². The van der Waals surface area contributed by atoms with E-state index in [-0.39, 0.29) is 11.6 Å². The molecule has 2 aliphatic rings. The molecule has 2 aromatic heterocycles. The molecule has 31 heavy (non-hydrogen) atoms. The van der Waals surface area contributed by atoms with Gasteiger partial charge in [0.05, 0.1) is 16.9 Å². The third kappa shape index (κ3) is 4.17. The van der Waals surface area contributed by atoms with Gasteiger partial charge in [-0.15, -0.1) is 0 Å². The quantitative estimate of drug-likeness (QED) is 0.343. The Morgan fingerprint density at radius 1 is 1.26 bits per heavy atom. The van der Waals surface area contributed by atoms with E-state index in [2.05, 4.69) is 11.9 Å². The smallest absolute Gasteiger partial charge is 0.183 e. The van der Waals surface area contributed by atoms with Gasteiger partial charge in [-0.25, -0.2) is 9.50 Å². The molecule has 0 bridgehead atoms. The molecule has 1 aromatic carbocycles. The molecule has 1 saturated carbocycles. The van der Waals surface area contributed by atoms with Gasteiger partial charge in [-0.05, 0) is 50.4 Å². The van der Waals surface area contributed by atoms with E-state index in [0.717, 1.165) is 61.2 Å². The molecule has 5 rings (SSSR count). The molecule has 1 aliphatic carbocycles. The summed E-state index contributed by atoms with van der Waals surface area (Å²) in [6, 6.07) is 14.0. The number of hydrogen-bond donors (Lipinski definition) is 1. The first-order valence-electron chi connectivity index (χ1n) is 10.8. The second-order valence-electron chi connectivity index (χ2n) is 8.46. The van der Waals surface area contributed by atoms with Crippen molar-refractivity contribution in [2.75, 3.05) is 6.54 Å². The van der Waals surface area contributed by atoms with Crippen LogP contribution in [0, 0.1) is 0 Å². The zero-order valence-electron chi connectivity index (χ0n) is 17.4. The summed E-state index contributed by atoms with van der Waals surface area (Å²) in [6.07, 6.45) is 5.15. The van der Waals surface area contributed by atoms with Crippen molar-refractivity contribution in [3.63, 3.8) is 0 Å². The summed E-state index contributed by atoms with van der Waals surface area (Å²) in [6.45, 7) is 5.40. The van der Waals surface area contributed by atoms with E-state index in [0.29, 0.717) is 17.6 Å². The molecule has 3 aromatic rings. The van der Waals surface area contributed by atoms with Crippen LogP contribution in [0.15, 0.2) is 54.9 Å². The van der Waals surface area contributed by atoms with E-state index in [1.807, 2.05) is 47.3 Å². The van der Waals surface area contributed by atoms with Crippen LogP contribution in [-0.4, -0.2) is 33.9 Å². The Morgan fingerprint density at radius 3 is 2.81 bits per heavy atom. The van der Waals surface area contributed by atoms with Gasteiger partial charge in [0.1, 0.15) is 11.8 Å². The highest BCUT2D eigenvalue weighted by molar-refractivity contribution is 6.29. The topological polar surface area (TPSA) is 54.7 Å². The third-order valence-corrected chi connectivity index (χ3v) is 6.43. The molecular formula is C23H25BClN5O. The van der Waals surface area contributed by atoms with E-state index < -0.39 is 0 Å². The van der Waals surface area contributed by atoms with Gasteiger partial charge in [-0.1, -0.05) is 48.4 Å². The van der Waals surface area contributed by atoms with Crippen LogP contribution in [0.5, 0.6) is 0 Å². The lowest BCUT2D eigenvalue weighted by Gasteiger charge is -2.31. The van der Waals surface area contributed by atoms with Crippen molar-refractivity contribution in [3.8, 4) is 0 Å². The van der Waals surface area contributed by atoms with Crippen molar-refractivity contribution in [1.82, 2.24) is 24.7 Å². The number of fused-ring (bicyclic) bond motifs is 1. The molecule has 1 aliphatic heterocycles. The van der Waals surface area contributed by atoms with Crippen LogP contribution >= 0.6 is 11.6 Å². The van der Waals surface area contributed by atoms with Crippen molar-refractivity contribution in [2.45, 2.75) is 50.3 Å². The van der Waals surface area contributed by atoms with Crippen molar-refractivity contribution in [2.24, 2.45) is 0 Å². The van der Waals surface area contributed by atoms with Crippen molar-refractivity contribution >= 4 is 25.2 Å². The highest BCUT2D eigenvalue weighted by Crippen LogP contribution is 2.46. The van der Waals surface area contributed by atoms with Gasteiger partial charge >= 0.3 is 0 Å². The van der Waals surface area contributed by atoms with Gasteiger partial charge in [-0.2, -0.15) is 5.10 Å². The number of benzene rings is 1. The molecule has 1 atom stereocenters. The second-order valence-corrected chi connectivity index (χ2v) is 8.84. The lowest BCUT2D eigenvalue weighted by Crippen LogP contribution is -2.31. The van der Waals surface area contributed by atoms with Gasteiger partial charge in [0.15, 0.2) is 19.5 Å². The molecule has 8 heteroatoms. The standard InChI is InChI=1S/C23H25BClN5O/c1-16(31-15-17-7-3-2-4-8-17)27-23(10-11-23)20-14-21(25)30-22(26-20)13-18(28-30)19-9-5-6-12-29(19)24/h2-4,7-8,13-14,19,27H,1,5-6,9-12,15H2. The SMILES string of the molecule is [B]N1CCCCC1c1cc2nc(C3(NC(=C)OCc4ccccc4)CC3)cc(Cl)n2n1. The number of ether oxygens (including phenoxy) is 1. The molecule has 1 N–H and O–H groups in total. The lowest BCUT2D eigenvalue weighted by molar-refractivity contribution is 0.168. The van der Waals surface area contributed by atoms with Gasteiger partial charge in [0, 0.05) is 12.1 Å². The van der Waals surface area contributed by atoms with Crippen molar-refractivity contribution < 1.29 is 4.74 Å². The van der Waals surface area contributed by atoms with Crippen LogP contribution in [-0.2, 0) is 16.9 Å².